The SMILES string of the molecule is CCN1c2nc3ccccn3c(=O)c2C[C@]2(C(=O)NC(=O)N(CC(C)C)C2=O)[C@@H]1C. The monoisotopic (exact) mass is 411 g/mol. The Morgan fingerprint density at radius 2 is 1.97 bits per heavy atom. The van der Waals surface area contributed by atoms with Crippen molar-refractivity contribution in [2.24, 2.45) is 11.3 Å². The minimum atomic E-state index is -1.57. The van der Waals surface area contributed by atoms with Crippen molar-refractivity contribution >= 4 is 29.3 Å². The average molecular weight is 411 g/mol. The molecule has 9 nitrogen and oxygen atoms in total. The molecule has 2 atom stereocenters. The molecular weight excluding hydrogens is 386 g/mol. The summed E-state index contributed by atoms with van der Waals surface area (Å²) >= 11 is 0. The highest BCUT2D eigenvalue weighted by Crippen LogP contribution is 2.42. The smallest absolute Gasteiger partial charge is 0.330 e. The number of amides is 4. The van der Waals surface area contributed by atoms with Crippen molar-refractivity contribution in [3.05, 3.63) is 40.3 Å². The minimum Gasteiger partial charge on any atom is -0.352 e. The van der Waals surface area contributed by atoms with Crippen LogP contribution in [0.25, 0.3) is 5.65 Å². The fourth-order valence-electron chi connectivity index (χ4n) is 4.57. The summed E-state index contributed by atoms with van der Waals surface area (Å²) in [5.74, 6) is -0.694. The number of carbonyl (C=O) groups excluding carboxylic acids is 3. The quantitative estimate of drug-likeness (QED) is 0.761. The third kappa shape index (κ3) is 2.64. The molecule has 0 bridgehead atoms. The Kier molecular flexibility index (Phi) is 4.63. The number of carbonyl (C=O) groups is 3. The van der Waals surface area contributed by atoms with Gasteiger partial charge in [0.25, 0.3) is 5.56 Å². The molecule has 0 unspecified atom stereocenters. The van der Waals surface area contributed by atoms with Crippen molar-refractivity contribution in [3.63, 3.8) is 0 Å². The van der Waals surface area contributed by atoms with Gasteiger partial charge in [-0.25, -0.2) is 9.78 Å². The predicted molar refractivity (Wildman–Crippen MR) is 110 cm³/mol. The Hall–Kier alpha value is -3.23. The number of hydrogen-bond acceptors (Lipinski definition) is 6. The summed E-state index contributed by atoms with van der Waals surface area (Å²) in [5, 5.41) is 2.36. The Labute approximate surface area is 173 Å². The Morgan fingerprint density at radius 3 is 2.63 bits per heavy atom. The Balaban J connectivity index is 1.93. The molecule has 4 amide bonds. The van der Waals surface area contributed by atoms with Crippen molar-refractivity contribution in [1.29, 1.82) is 0 Å². The lowest BCUT2D eigenvalue weighted by Crippen LogP contribution is -2.72. The largest absolute Gasteiger partial charge is 0.352 e. The number of rotatable bonds is 3. The number of aromatic nitrogens is 2. The van der Waals surface area contributed by atoms with E-state index in [1.54, 1.807) is 31.3 Å². The lowest BCUT2D eigenvalue weighted by molar-refractivity contribution is -0.153. The van der Waals surface area contributed by atoms with E-state index in [1.807, 2.05) is 25.7 Å². The summed E-state index contributed by atoms with van der Waals surface area (Å²) in [6.45, 7) is 8.09. The van der Waals surface area contributed by atoms with Crippen LogP contribution >= 0.6 is 0 Å². The summed E-state index contributed by atoms with van der Waals surface area (Å²) < 4.78 is 1.42. The van der Waals surface area contributed by atoms with Gasteiger partial charge in [-0.2, -0.15) is 0 Å². The molecule has 0 saturated carbocycles. The van der Waals surface area contributed by atoms with Gasteiger partial charge >= 0.3 is 6.03 Å². The lowest BCUT2D eigenvalue weighted by Gasteiger charge is -2.49. The van der Waals surface area contributed by atoms with Gasteiger partial charge in [0.15, 0.2) is 5.41 Å². The maximum Gasteiger partial charge on any atom is 0.330 e. The van der Waals surface area contributed by atoms with Gasteiger partial charge in [0.2, 0.25) is 11.8 Å². The second-order valence-electron chi connectivity index (χ2n) is 8.33. The number of barbiturate groups is 1. The highest BCUT2D eigenvalue weighted by molar-refractivity contribution is 6.20. The predicted octanol–water partition coefficient (Wildman–Crippen LogP) is 1.19. The number of pyridine rings is 1. The third-order valence-corrected chi connectivity index (χ3v) is 6.10. The Bertz CT molecular complexity index is 1120. The maximum absolute atomic E-state index is 13.6. The summed E-state index contributed by atoms with van der Waals surface area (Å²) in [4.78, 5) is 60.0. The molecule has 1 N–H and O–H groups in total. The molecule has 1 saturated heterocycles. The molecule has 2 aromatic rings. The highest BCUT2D eigenvalue weighted by atomic mass is 16.2. The van der Waals surface area contributed by atoms with Crippen LogP contribution in [0.4, 0.5) is 10.6 Å². The molecule has 9 heteroatoms. The van der Waals surface area contributed by atoms with E-state index < -0.39 is 29.3 Å². The first kappa shape index (κ1) is 20.1. The van der Waals surface area contributed by atoms with E-state index >= 15 is 0 Å². The molecule has 2 aliphatic rings. The fraction of sp³-hybridized carbons (Fsp3) is 0.476. The van der Waals surface area contributed by atoms with Crippen LogP contribution in [-0.4, -0.2) is 51.3 Å². The molecule has 2 aromatic heterocycles. The number of urea groups is 1. The van der Waals surface area contributed by atoms with Crippen molar-refractivity contribution in [3.8, 4) is 0 Å². The number of nitrogens with zero attached hydrogens (tertiary/aromatic N) is 4. The standard InChI is InChI=1S/C21H25N5O4/c1-5-24-13(4)21(18(28)23-20(30)26(19(21)29)11-12(2)3)10-14-16(24)22-15-8-6-7-9-25(15)17(14)27/h6-9,12-13H,5,10-11H2,1-4H3,(H,23,28,30)/t13-,21+/m0/s1. The van der Waals surface area contributed by atoms with Crippen molar-refractivity contribution in [2.45, 2.75) is 40.2 Å². The number of imide groups is 2. The van der Waals surface area contributed by atoms with Crippen molar-refractivity contribution in [1.82, 2.24) is 19.6 Å². The molecular formula is C21H25N5O4. The molecule has 0 aliphatic carbocycles. The first-order valence-corrected chi connectivity index (χ1v) is 10.2. The zero-order valence-electron chi connectivity index (χ0n) is 17.5. The number of anilines is 1. The average Bonchev–Trinajstić information content (AvgIpc) is 2.70. The molecule has 1 fully saturated rings. The molecule has 4 rings (SSSR count). The van der Waals surface area contributed by atoms with Crippen LogP contribution in [-0.2, 0) is 16.0 Å². The number of hydrogen-bond donors (Lipinski definition) is 1. The molecule has 2 aliphatic heterocycles. The second kappa shape index (κ2) is 6.93. The van der Waals surface area contributed by atoms with Gasteiger partial charge in [-0.15, -0.1) is 0 Å². The number of fused-ring (bicyclic) bond motifs is 2. The van der Waals surface area contributed by atoms with Crippen LogP contribution in [0.1, 0.15) is 33.3 Å². The minimum absolute atomic E-state index is 0.0367. The van der Waals surface area contributed by atoms with Gasteiger partial charge in [0.05, 0.1) is 11.6 Å². The zero-order chi connectivity index (χ0) is 21.8. The van der Waals surface area contributed by atoms with E-state index in [1.165, 1.54) is 4.40 Å². The summed E-state index contributed by atoms with van der Waals surface area (Å²) in [6, 6.07) is 3.97. The highest BCUT2D eigenvalue weighted by Gasteiger charge is 2.61. The molecule has 1 spiro atoms. The second-order valence-corrected chi connectivity index (χ2v) is 8.33. The molecule has 0 aromatic carbocycles. The van der Waals surface area contributed by atoms with Crippen molar-refractivity contribution in [2.75, 3.05) is 18.0 Å². The lowest BCUT2D eigenvalue weighted by atomic mass is 9.69. The number of nitrogens with one attached hydrogen (secondary N) is 1. The van der Waals surface area contributed by atoms with Crippen LogP contribution in [0, 0.1) is 11.3 Å². The van der Waals surface area contributed by atoms with Crippen LogP contribution < -0.4 is 15.8 Å². The van der Waals surface area contributed by atoms with E-state index in [0.717, 1.165) is 4.90 Å². The van der Waals surface area contributed by atoms with Gasteiger partial charge in [-0.05, 0) is 31.9 Å². The van der Waals surface area contributed by atoms with E-state index in [4.69, 9.17) is 0 Å². The van der Waals surface area contributed by atoms with Crippen molar-refractivity contribution < 1.29 is 14.4 Å². The first-order valence-electron chi connectivity index (χ1n) is 10.2. The molecule has 0 radical (unpaired) electrons. The van der Waals surface area contributed by atoms with Gasteiger partial charge in [0, 0.05) is 25.7 Å². The van der Waals surface area contributed by atoms with E-state index in [2.05, 4.69) is 10.3 Å². The summed E-state index contributed by atoms with van der Waals surface area (Å²) in [6.07, 6.45) is 1.51. The van der Waals surface area contributed by atoms with Crippen LogP contribution in [0.5, 0.6) is 0 Å². The maximum atomic E-state index is 13.6. The Morgan fingerprint density at radius 1 is 1.23 bits per heavy atom. The van der Waals surface area contributed by atoms with Crippen LogP contribution in [0.2, 0.25) is 0 Å². The van der Waals surface area contributed by atoms with E-state index in [-0.39, 0.29) is 24.4 Å². The zero-order valence-corrected chi connectivity index (χ0v) is 17.5. The van der Waals surface area contributed by atoms with Gasteiger partial charge in [-0.3, -0.25) is 29.0 Å². The third-order valence-electron chi connectivity index (χ3n) is 6.10. The first-order chi connectivity index (χ1) is 14.2. The van der Waals surface area contributed by atoms with Gasteiger partial charge in [0.1, 0.15) is 11.5 Å². The van der Waals surface area contributed by atoms with Crippen LogP contribution in [0.15, 0.2) is 29.2 Å². The normalized spacial score (nSPS) is 24.0. The molecule has 158 valence electrons. The van der Waals surface area contributed by atoms with E-state index in [9.17, 15) is 19.2 Å². The van der Waals surface area contributed by atoms with Crippen LogP contribution in [0.3, 0.4) is 0 Å². The van der Waals surface area contributed by atoms with Gasteiger partial charge in [-0.1, -0.05) is 19.9 Å². The van der Waals surface area contributed by atoms with Gasteiger partial charge < -0.3 is 4.90 Å². The fourth-order valence-corrected chi connectivity index (χ4v) is 4.57. The molecule has 4 heterocycles. The molecule has 30 heavy (non-hydrogen) atoms. The summed E-state index contributed by atoms with van der Waals surface area (Å²) in [7, 11) is 0. The van der Waals surface area contributed by atoms with E-state index in [0.29, 0.717) is 23.6 Å². The summed E-state index contributed by atoms with van der Waals surface area (Å²) in [5.41, 5.74) is -1.08. The topological polar surface area (TPSA) is 104 Å².